The zero-order valence-electron chi connectivity index (χ0n) is 19.1. The Hall–Kier alpha value is -3.05. The van der Waals surface area contributed by atoms with Gasteiger partial charge in [-0.15, -0.1) is 10.2 Å². The molecule has 2 atom stereocenters. The van der Waals surface area contributed by atoms with Crippen molar-refractivity contribution in [2.24, 2.45) is 0 Å². The van der Waals surface area contributed by atoms with E-state index in [9.17, 15) is 13.7 Å². The number of hydrogen-bond acceptors (Lipinski definition) is 10. The number of rotatable bonds is 7. The molecule has 0 amide bonds. The first kappa shape index (κ1) is 22.7. The quantitative estimate of drug-likeness (QED) is 0.516. The summed E-state index contributed by atoms with van der Waals surface area (Å²) in [5.74, 6) is 0.866. The van der Waals surface area contributed by atoms with Gasteiger partial charge in [-0.3, -0.25) is 4.40 Å². The lowest BCUT2D eigenvalue weighted by atomic mass is 10.1. The number of imidazole rings is 1. The van der Waals surface area contributed by atoms with Crippen molar-refractivity contribution in [3.05, 3.63) is 24.4 Å². The van der Waals surface area contributed by atoms with Gasteiger partial charge >= 0.3 is 0 Å². The molecule has 0 bridgehead atoms. The number of aryl methyl sites for hydroxylation is 1. The van der Waals surface area contributed by atoms with Crippen LogP contribution in [0.1, 0.15) is 25.7 Å². The Balaban J connectivity index is 1.66. The maximum absolute atomic E-state index is 13.3. The number of aromatic nitrogens is 4. The highest BCUT2D eigenvalue weighted by Crippen LogP contribution is 2.37. The molecule has 3 aromatic rings. The number of pyridine rings is 1. The highest BCUT2D eigenvalue weighted by Gasteiger charge is 2.47. The van der Waals surface area contributed by atoms with Gasteiger partial charge in [0.05, 0.1) is 42.8 Å². The molecule has 12 nitrogen and oxygen atoms in total. The Morgan fingerprint density at radius 3 is 2.82 bits per heavy atom. The zero-order chi connectivity index (χ0) is 24.1. The topological polar surface area (TPSA) is 148 Å². The second-order valence-corrected chi connectivity index (χ2v) is 10.4. The van der Waals surface area contributed by atoms with Gasteiger partial charge in [0.2, 0.25) is 21.7 Å². The van der Waals surface area contributed by atoms with E-state index in [1.807, 2.05) is 6.92 Å². The van der Waals surface area contributed by atoms with Crippen molar-refractivity contribution in [2.45, 2.75) is 49.3 Å². The minimum atomic E-state index is -4.00. The average Bonchev–Trinajstić information content (AvgIpc) is 3.22. The summed E-state index contributed by atoms with van der Waals surface area (Å²) in [6.07, 6.45) is 3.91. The van der Waals surface area contributed by atoms with Gasteiger partial charge < -0.3 is 18.8 Å². The lowest BCUT2D eigenvalue weighted by molar-refractivity contribution is -0.0221. The van der Waals surface area contributed by atoms with E-state index >= 15 is 0 Å². The lowest BCUT2D eigenvalue weighted by Crippen LogP contribution is -2.50. The molecule has 180 valence electrons. The van der Waals surface area contributed by atoms with Gasteiger partial charge in [-0.2, -0.15) is 9.98 Å². The predicted octanol–water partition coefficient (Wildman–Crippen LogP) is 1.27. The molecule has 1 aliphatic carbocycles. The summed E-state index contributed by atoms with van der Waals surface area (Å²) in [4.78, 5) is 6.55. The summed E-state index contributed by atoms with van der Waals surface area (Å²) in [6, 6.07) is 3.66. The van der Waals surface area contributed by atoms with Crippen LogP contribution in [-0.2, 0) is 19.5 Å². The van der Waals surface area contributed by atoms with Crippen molar-refractivity contribution in [2.75, 3.05) is 31.8 Å². The Morgan fingerprint density at radius 2 is 2.18 bits per heavy atom. The van der Waals surface area contributed by atoms with Crippen LogP contribution in [0.3, 0.4) is 0 Å². The van der Waals surface area contributed by atoms with Crippen LogP contribution in [0.25, 0.3) is 17.2 Å². The number of sulfonamides is 1. The molecule has 0 aromatic carbocycles. The van der Waals surface area contributed by atoms with Gasteiger partial charge in [-0.05, 0) is 25.8 Å². The summed E-state index contributed by atoms with van der Waals surface area (Å²) in [6.45, 7) is 5.04. The van der Waals surface area contributed by atoms with Crippen LogP contribution in [0.5, 0.6) is 0 Å². The zero-order valence-corrected chi connectivity index (χ0v) is 19.9. The number of methoxy groups -OCH3 is 1. The Bertz CT molecular complexity index is 1370. The third kappa shape index (κ3) is 4.03. The molecular formula is C21H25N7O5S. The number of ether oxygens (including phenoxy) is 2. The van der Waals surface area contributed by atoms with Gasteiger partial charge in [0.25, 0.3) is 5.89 Å². The van der Waals surface area contributed by atoms with Gasteiger partial charge in [-0.1, -0.05) is 0 Å². The van der Waals surface area contributed by atoms with Crippen molar-refractivity contribution in [1.82, 2.24) is 24.3 Å². The molecule has 2 aliphatic rings. The maximum atomic E-state index is 13.3. The first-order valence-corrected chi connectivity index (χ1v) is 12.4. The summed E-state index contributed by atoms with van der Waals surface area (Å²) < 4.78 is 47.6. The third-order valence-electron chi connectivity index (χ3n) is 6.08. The first-order valence-electron chi connectivity index (χ1n) is 10.9. The number of morpholine rings is 1. The first-order chi connectivity index (χ1) is 16.2. The molecule has 1 N–H and O–H groups in total. The van der Waals surface area contributed by atoms with E-state index in [4.69, 9.17) is 13.9 Å². The fraction of sp³-hybridized carbons (Fsp3) is 0.524. The number of nitrogens with one attached hydrogen (secondary N) is 1. The fourth-order valence-electron chi connectivity index (χ4n) is 4.09. The maximum Gasteiger partial charge on any atom is 0.284 e. The number of fused-ring (bicyclic) bond motifs is 1. The van der Waals surface area contributed by atoms with Crippen LogP contribution < -0.4 is 9.62 Å². The average molecular weight is 488 g/mol. The minimum absolute atomic E-state index is 0.00833. The summed E-state index contributed by atoms with van der Waals surface area (Å²) >= 11 is 0. The molecule has 1 saturated carbocycles. The Kier molecular flexibility index (Phi) is 5.56. The Labute approximate surface area is 196 Å². The molecule has 0 radical (unpaired) electrons. The highest BCUT2D eigenvalue weighted by atomic mass is 32.2. The molecule has 1 aliphatic heterocycles. The summed E-state index contributed by atoms with van der Waals surface area (Å²) in [7, 11) is -2.39. The second kappa shape index (κ2) is 8.31. The molecule has 2 fully saturated rings. The van der Waals surface area contributed by atoms with Gasteiger partial charge in [0.15, 0.2) is 0 Å². The molecule has 4 heterocycles. The summed E-state index contributed by atoms with van der Waals surface area (Å²) in [5, 5.41) is 17.3. The van der Waals surface area contributed by atoms with Crippen molar-refractivity contribution >= 4 is 21.2 Å². The largest absolute Gasteiger partial charge is 0.419 e. The molecule has 13 heteroatoms. The van der Waals surface area contributed by atoms with Crippen LogP contribution in [0.15, 0.2) is 27.8 Å². The second-order valence-electron chi connectivity index (χ2n) is 8.74. The van der Waals surface area contributed by atoms with E-state index in [1.54, 1.807) is 30.7 Å². The Morgan fingerprint density at radius 1 is 1.38 bits per heavy atom. The third-order valence-corrected chi connectivity index (χ3v) is 7.59. The molecule has 5 rings (SSSR count). The van der Waals surface area contributed by atoms with E-state index in [1.165, 1.54) is 6.20 Å². The number of nitrogens with zero attached hydrogens (tertiary/aromatic N) is 6. The predicted molar refractivity (Wildman–Crippen MR) is 120 cm³/mol. The highest BCUT2D eigenvalue weighted by molar-refractivity contribution is 7.89. The minimum Gasteiger partial charge on any atom is -0.419 e. The van der Waals surface area contributed by atoms with Crippen LogP contribution in [0.4, 0.5) is 5.69 Å². The smallest absolute Gasteiger partial charge is 0.284 e. The lowest BCUT2D eigenvalue weighted by Gasteiger charge is -2.39. The van der Waals surface area contributed by atoms with Crippen molar-refractivity contribution in [3.63, 3.8) is 0 Å². The van der Waals surface area contributed by atoms with Crippen LogP contribution >= 0.6 is 0 Å². The van der Waals surface area contributed by atoms with E-state index in [-0.39, 0.29) is 22.9 Å². The molecule has 3 aromatic heterocycles. The van der Waals surface area contributed by atoms with Crippen LogP contribution in [-0.4, -0.2) is 72.6 Å². The van der Waals surface area contributed by atoms with Gasteiger partial charge in [0.1, 0.15) is 10.4 Å². The molecule has 34 heavy (non-hydrogen) atoms. The fourth-order valence-corrected chi connectivity index (χ4v) is 5.49. The molecule has 0 unspecified atom stereocenters. The summed E-state index contributed by atoms with van der Waals surface area (Å²) in [5.41, 5.74) is 0.290. The molecule has 0 spiro atoms. The van der Waals surface area contributed by atoms with E-state index in [0.29, 0.717) is 55.5 Å². The van der Waals surface area contributed by atoms with Crippen LogP contribution in [0.2, 0.25) is 0 Å². The van der Waals surface area contributed by atoms with E-state index in [0.717, 1.165) is 0 Å². The van der Waals surface area contributed by atoms with Gasteiger partial charge in [0, 0.05) is 32.8 Å². The number of hydrogen-bond donors (Lipinski definition) is 1. The number of nitriles is 1. The molecule has 1 saturated heterocycles. The SMILES string of the molecule is COC[C@H]1CN(c2cc(S(=O)(=O)NC3(C#N)CC3)cn3c(-c4nnc(C)o4)ncc23)[C@@H](C)CO1. The van der Waals surface area contributed by atoms with Crippen molar-refractivity contribution < 1.29 is 22.3 Å². The number of anilines is 1. The van der Waals surface area contributed by atoms with Crippen LogP contribution in [0, 0.1) is 18.3 Å². The van der Waals surface area contributed by atoms with Crippen molar-refractivity contribution in [3.8, 4) is 17.8 Å². The molecular weight excluding hydrogens is 462 g/mol. The monoisotopic (exact) mass is 487 g/mol. The standard InChI is InChI=1S/C21H25N7O5S/c1-13-10-32-15(11-31-3)8-27(13)17-6-16(34(29,30)26-21(12-22)4-5-21)9-28-18(17)7-23-19(28)20-25-24-14(2)33-20/h6-7,9,13,15,26H,4-5,8,10-11H2,1-3H3/t13-,15+/m0/s1. The van der Waals surface area contributed by atoms with Crippen molar-refractivity contribution in [1.29, 1.82) is 5.26 Å². The van der Waals surface area contributed by atoms with E-state index in [2.05, 4.69) is 30.9 Å². The van der Waals surface area contributed by atoms with Gasteiger partial charge in [-0.25, -0.2) is 13.4 Å². The van der Waals surface area contributed by atoms with E-state index < -0.39 is 15.6 Å². The normalized spacial score (nSPS) is 22.1.